The van der Waals surface area contributed by atoms with Gasteiger partial charge in [0.15, 0.2) is 0 Å². The van der Waals surface area contributed by atoms with E-state index in [2.05, 4.69) is 36.3 Å². The lowest BCUT2D eigenvalue weighted by atomic mass is 10.2. The molecule has 1 aliphatic rings. The summed E-state index contributed by atoms with van der Waals surface area (Å²) in [6.45, 7) is 5.65. The Morgan fingerprint density at radius 3 is 2.70 bits per heavy atom. The van der Waals surface area contributed by atoms with Gasteiger partial charge in [0.1, 0.15) is 17.4 Å². The van der Waals surface area contributed by atoms with E-state index in [1.54, 1.807) is 11.3 Å². The Morgan fingerprint density at radius 1 is 1.25 bits per heavy atom. The van der Waals surface area contributed by atoms with Gasteiger partial charge in [0, 0.05) is 17.5 Å². The standard InChI is InChI=1S/C16H20N2OS/c1-11-3-7-14(8-4-11)19-10-16-18-12(2)15(20-16)9-17-13-5-6-13/h3-4,7-8,13,17H,5-6,9-10H2,1-2H3. The van der Waals surface area contributed by atoms with Crippen molar-refractivity contribution >= 4 is 11.3 Å². The van der Waals surface area contributed by atoms with Crippen molar-refractivity contribution in [3.8, 4) is 5.75 Å². The number of hydrogen-bond acceptors (Lipinski definition) is 4. The van der Waals surface area contributed by atoms with Gasteiger partial charge in [0.25, 0.3) is 0 Å². The van der Waals surface area contributed by atoms with E-state index in [0.29, 0.717) is 6.61 Å². The predicted octanol–water partition coefficient (Wildman–Crippen LogP) is 3.59. The molecule has 106 valence electrons. The average molecular weight is 288 g/mol. The van der Waals surface area contributed by atoms with E-state index >= 15 is 0 Å². The molecule has 0 unspecified atom stereocenters. The fourth-order valence-corrected chi connectivity index (χ4v) is 2.95. The highest BCUT2D eigenvalue weighted by atomic mass is 32.1. The van der Waals surface area contributed by atoms with Crippen molar-refractivity contribution in [2.75, 3.05) is 0 Å². The molecule has 0 radical (unpaired) electrons. The van der Waals surface area contributed by atoms with Gasteiger partial charge in [-0.3, -0.25) is 0 Å². The fraction of sp³-hybridized carbons (Fsp3) is 0.438. The molecule has 0 aliphatic heterocycles. The molecular weight excluding hydrogens is 268 g/mol. The second-order valence-electron chi connectivity index (χ2n) is 5.37. The fourth-order valence-electron chi connectivity index (χ4n) is 2.02. The molecule has 1 saturated carbocycles. The molecule has 0 spiro atoms. The van der Waals surface area contributed by atoms with E-state index in [1.807, 2.05) is 12.1 Å². The number of aromatic nitrogens is 1. The Bertz CT molecular complexity index is 573. The lowest BCUT2D eigenvalue weighted by Gasteiger charge is -2.03. The van der Waals surface area contributed by atoms with Crippen LogP contribution in [0, 0.1) is 13.8 Å². The minimum Gasteiger partial charge on any atom is -0.486 e. The normalized spacial score (nSPS) is 14.5. The lowest BCUT2D eigenvalue weighted by Crippen LogP contribution is -2.14. The van der Waals surface area contributed by atoms with Crippen LogP contribution < -0.4 is 10.1 Å². The molecule has 3 nitrogen and oxygen atoms in total. The van der Waals surface area contributed by atoms with Crippen molar-refractivity contribution in [3.05, 3.63) is 45.4 Å². The summed E-state index contributed by atoms with van der Waals surface area (Å²) in [7, 11) is 0. The number of nitrogens with zero attached hydrogens (tertiary/aromatic N) is 1. The molecule has 20 heavy (non-hydrogen) atoms. The highest BCUT2D eigenvalue weighted by Gasteiger charge is 2.21. The Kier molecular flexibility index (Phi) is 4.03. The van der Waals surface area contributed by atoms with Gasteiger partial charge < -0.3 is 10.1 Å². The minimum atomic E-state index is 0.554. The van der Waals surface area contributed by atoms with Crippen molar-refractivity contribution in [1.29, 1.82) is 0 Å². The Hall–Kier alpha value is -1.39. The third-order valence-corrected chi connectivity index (χ3v) is 4.58. The zero-order valence-corrected chi connectivity index (χ0v) is 12.8. The van der Waals surface area contributed by atoms with Crippen molar-refractivity contribution in [1.82, 2.24) is 10.3 Å². The van der Waals surface area contributed by atoms with Crippen molar-refractivity contribution in [3.63, 3.8) is 0 Å². The summed E-state index contributed by atoms with van der Waals surface area (Å²) >= 11 is 1.75. The van der Waals surface area contributed by atoms with Crippen LogP contribution in [0.3, 0.4) is 0 Å². The Labute approximate surface area is 124 Å². The van der Waals surface area contributed by atoms with Crippen LogP contribution in [0.4, 0.5) is 0 Å². The van der Waals surface area contributed by atoms with Gasteiger partial charge in [-0.1, -0.05) is 17.7 Å². The monoisotopic (exact) mass is 288 g/mol. The Morgan fingerprint density at radius 2 is 2.00 bits per heavy atom. The van der Waals surface area contributed by atoms with E-state index in [9.17, 15) is 0 Å². The summed E-state index contributed by atoms with van der Waals surface area (Å²) in [4.78, 5) is 5.93. The summed E-state index contributed by atoms with van der Waals surface area (Å²) < 4.78 is 5.78. The smallest absolute Gasteiger partial charge is 0.140 e. The van der Waals surface area contributed by atoms with Crippen molar-refractivity contribution < 1.29 is 4.74 Å². The summed E-state index contributed by atoms with van der Waals surface area (Å²) in [6, 6.07) is 8.88. The number of nitrogens with one attached hydrogen (secondary N) is 1. The molecule has 1 aromatic heterocycles. The van der Waals surface area contributed by atoms with Crippen LogP contribution in [0.5, 0.6) is 5.75 Å². The number of rotatable bonds is 6. The molecule has 1 heterocycles. The molecule has 1 fully saturated rings. The summed E-state index contributed by atoms with van der Waals surface area (Å²) in [5, 5.41) is 4.59. The van der Waals surface area contributed by atoms with Gasteiger partial charge in [-0.15, -0.1) is 11.3 Å². The van der Waals surface area contributed by atoms with Crippen molar-refractivity contribution in [2.24, 2.45) is 0 Å². The zero-order valence-electron chi connectivity index (χ0n) is 12.0. The number of benzene rings is 1. The van der Waals surface area contributed by atoms with Crippen LogP contribution in [-0.4, -0.2) is 11.0 Å². The second-order valence-corrected chi connectivity index (χ2v) is 6.54. The first kappa shape index (κ1) is 13.6. The van der Waals surface area contributed by atoms with Crippen LogP contribution in [0.25, 0.3) is 0 Å². The van der Waals surface area contributed by atoms with E-state index in [0.717, 1.165) is 29.0 Å². The SMILES string of the molecule is Cc1ccc(OCc2nc(C)c(CNC3CC3)s2)cc1. The highest BCUT2D eigenvalue weighted by molar-refractivity contribution is 7.11. The van der Waals surface area contributed by atoms with Crippen LogP contribution in [0.2, 0.25) is 0 Å². The number of thiazole rings is 1. The average Bonchev–Trinajstić information content (AvgIpc) is 3.20. The first-order chi connectivity index (χ1) is 9.70. The molecule has 4 heteroatoms. The maximum atomic E-state index is 5.78. The number of ether oxygens (including phenoxy) is 1. The minimum absolute atomic E-state index is 0.554. The summed E-state index contributed by atoms with van der Waals surface area (Å²) in [5.41, 5.74) is 2.38. The number of aryl methyl sites for hydroxylation is 2. The number of hydrogen-bond donors (Lipinski definition) is 1. The van der Waals surface area contributed by atoms with Crippen LogP contribution in [-0.2, 0) is 13.2 Å². The quantitative estimate of drug-likeness (QED) is 0.882. The third-order valence-electron chi connectivity index (χ3n) is 3.45. The van der Waals surface area contributed by atoms with E-state index in [-0.39, 0.29) is 0 Å². The topological polar surface area (TPSA) is 34.1 Å². The molecule has 0 bridgehead atoms. The molecule has 0 amide bonds. The van der Waals surface area contributed by atoms with Crippen LogP contribution in [0.1, 0.15) is 34.0 Å². The van der Waals surface area contributed by atoms with E-state index < -0.39 is 0 Å². The summed E-state index contributed by atoms with van der Waals surface area (Å²) in [5.74, 6) is 0.904. The summed E-state index contributed by atoms with van der Waals surface area (Å²) in [6.07, 6.45) is 2.64. The zero-order chi connectivity index (χ0) is 13.9. The largest absolute Gasteiger partial charge is 0.486 e. The van der Waals surface area contributed by atoms with Gasteiger partial charge in [-0.05, 0) is 38.8 Å². The second kappa shape index (κ2) is 5.94. The molecule has 1 N–H and O–H groups in total. The molecule has 1 aromatic carbocycles. The van der Waals surface area contributed by atoms with Gasteiger partial charge in [0.05, 0.1) is 5.69 Å². The van der Waals surface area contributed by atoms with Crippen LogP contribution in [0.15, 0.2) is 24.3 Å². The van der Waals surface area contributed by atoms with Gasteiger partial charge >= 0.3 is 0 Å². The highest BCUT2D eigenvalue weighted by Crippen LogP contribution is 2.23. The first-order valence-electron chi connectivity index (χ1n) is 7.09. The van der Waals surface area contributed by atoms with Gasteiger partial charge in [-0.25, -0.2) is 4.98 Å². The Balaban J connectivity index is 1.56. The molecule has 2 aromatic rings. The third kappa shape index (κ3) is 3.58. The maximum Gasteiger partial charge on any atom is 0.140 e. The van der Waals surface area contributed by atoms with E-state index in [4.69, 9.17) is 4.74 Å². The van der Waals surface area contributed by atoms with Crippen molar-refractivity contribution in [2.45, 2.75) is 45.9 Å². The predicted molar refractivity (Wildman–Crippen MR) is 82.2 cm³/mol. The van der Waals surface area contributed by atoms with Crippen LogP contribution >= 0.6 is 11.3 Å². The molecule has 0 atom stereocenters. The molecule has 0 saturated heterocycles. The maximum absolute atomic E-state index is 5.78. The molecular formula is C16H20N2OS. The molecule has 3 rings (SSSR count). The van der Waals surface area contributed by atoms with Gasteiger partial charge in [-0.2, -0.15) is 0 Å². The molecule has 1 aliphatic carbocycles. The first-order valence-corrected chi connectivity index (χ1v) is 7.90. The van der Waals surface area contributed by atoms with Gasteiger partial charge in [0.2, 0.25) is 0 Å². The van der Waals surface area contributed by atoms with E-state index in [1.165, 1.54) is 23.3 Å². The lowest BCUT2D eigenvalue weighted by molar-refractivity contribution is 0.305.